The number of amides is 1. The summed E-state index contributed by atoms with van der Waals surface area (Å²) in [7, 11) is 0. The number of alkyl halides is 3. The lowest BCUT2D eigenvalue weighted by atomic mass is 10.1. The van der Waals surface area contributed by atoms with E-state index in [4.69, 9.17) is 9.47 Å². The molecule has 1 aliphatic heterocycles. The largest absolute Gasteiger partial charge is 0.444 e. The van der Waals surface area contributed by atoms with Gasteiger partial charge in [-0.2, -0.15) is 13.2 Å². The number of hydrogen-bond donors (Lipinski definition) is 0. The van der Waals surface area contributed by atoms with E-state index in [1.165, 1.54) is 23.4 Å². The molecule has 0 aliphatic carbocycles. The van der Waals surface area contributed by atoms with Crippen LogP contribution in [0.15, 0.2) is 49.1 Å². The topological polar surface area (TPSA) is 95.3 Å². The van der Waals surface area contributed by atoms with Gasteiger partial charge in [-0.1, -0.05) is 17.3 Å². The van der Waals surface area contributed by atoms with Gasteiger partial charge in [0.1, 0.15) is 17.6 Å². The van der Waals surface area contributed by atoms with Crippen molar-refractivity contribution < 1.29 is 27.4 Å². The molecule has 4 rings (SSSR count). The van der Waals surface area contributed by atoms with Crippen LogP contribution in [-0.2, 0) is 22.3 Å². The zero-order valence-electron chi connectivity index (χ0n) is 19.4. The summed E-state index contributed by atoms with van der Waals surface area (Å²) in [4.78, 5) is 22.3. The molecule has 186 valence electrons. The van der Waals surface area contributed by atoms with Gasteiger partial charge in [-0.15, -0.1) is 5.10 Å². The molecule has 2 aromatic heterocycles. The first-order valence-corrected chi connectivity index (χ1v) is 10.9. The molecule has 0 unspecified atom stereocenters. The predicted molar refractivity (Wildman–Crippen MR) is 118 cm³/mol. The van der Waals surface area contributed by atoms with Crippen molar-refractivity contribution >= 4 is 6.09 Å². The molecule has 0 bridgehead atoms. The van der Waals surface area contributed by atoms with Gasteiger partial charge in [-0.3, -0.25) is 0 Å². The molecule has 35 heavy (non-hydrogen) atoms. The highest BCUT2D eigenvalue weighted by atomic mass is 19.4. The van der Waals surface area contributed by atoms with Gasteiger partial charge in [0.2, 0.25) is 0 Å². The predicted octanol–water partition coefficient (Wildman–Crippen LogP) is 4.13. The minimum atomic E-state index is -4.40. The lowest BCUT2D eigenvalue weighted by Gasteiger charge is -2.24. The summed E-state index contributed by atoms with van der Waals surface area (Å²) in [6.45, 7) is 5.89. The Bertz CT molecular complexity index is 1150. The van der Waals surface area contributed by atoms with Crippen LogP contribution in [0.1, 0.15) is 37.9 Å². The van der Waals surface area contributed by atoms with E-state index in [1.54, 1.807) is 43.9 Å². The van der Waals surface area contributed by atoms with Crippen molar-refractivity contribution in [3.63, 3.8) is 0 Å². The van der Waals surface area contributed by atoms with Gasteiger partial charge in [-0.25, -0.2) is 19.4 Å². The van der Waals surface area contributed by atoms with E-state index >= 15 is 0 Å². The maximum absolute atomic E-state index is 12.8. The highest BCUT2D eigenvalue weighted by Gasteiger charge is 2.40. The Kier molecular flexibility index (Phi) is 6.75. The van der Waals surface area contributed by atoms with E-state index < -0.39 is 29.5 Å². The number of hydrogen-bond acceptors (Lipinski definition) is 7. The van der Waals surface area contributed by atoms with Crippen molar-refractivity contribution in [3.05, 3.63) is 60.2 Å². The summed E-state index contributed by atoms with van der Waals surface area (Å²) >= 11 is 0. The number of halogens is 3. The van der Waals surface area contributed by atoms with Crippen molar-refractivity contribution in [1.29, 1.82) is 0 Å². The van der Waals surface area contributed by atoms with Crippen LogP contribution in [0, 0.1) is 0 Å². The second-order valence-electron chi connectivity index (χ2n) is 9.18. The third-order valence-electron chi connectivity index (χ3n) is 5.33. The molecule has 1 aromatic carbocycles. The Labute approximate surface area is 199 Å². The first-order chi connectivity index (χ1) is 16.5. The average molecular weight is 490 g/mol. The minimum Gasteiger partial charge on any atom is -0.444 e. The highest BCUT2D eigenvalue weighted by Crippen LogP contribution is 2.30. The summed E-state index contributed by atoms with van der Waals surface area (Å²) in [5.74, 6) is 0. The van der Waals surface area contributed by atoms with Crippen LogP contribution >= 0.6 is 0 Å². The SMILES string of the molecule is CC(C)(C)OC(=O)N1C[C@@H](n2cc(-c3ccncn3)nn2)[C@H](OCc2ccc(C(F)(F)F)cc2)C1. The number of likely N-dealkylation sites (tertiary alicyclic amines) is 1. The third kappa shape index (κ3) is 6.13. The van der Waals surface area contributed by atoms with Gasteiger partial charge in [-0.05, 0) is 44.5 Å². The van der Waals surface area contributed by atoms with E-state index in [0.717, 1.165) is 12.1 Å². The van der Waals surface area contributed by atoms with Crippen LogP contribution in [0.2, 0.25) is 0 Å². The third-order valence-corrected chi connectivity index (χ3v) is 5.33. The fourth-order valence-corrected chi connectivity index (χ4v) is 3.64. The molecular formula is C23H25F3N6O3. The van der Waals surface area contributed by atoms with Gasteiger partial charge in [0, 0.05) is 12.7 Å². The molecule has 2 atom stereocenters. The minimum absolute atomic E-state index is 0.0644. The fourth-order valence-electron chi connectivity index (χ4n) is 3.64. The van der Waals surface area contributed by atoms with E-state index in [-0.39, 0.29) is 25.7 Å². The van der Waals surface area contributed by atoms with E-state index in [2.05, 4.69) is 20.3 Å². The first-order valence-electron chi connectivity index (χ1n) is 10.9. The normalized spacial score (nSPS) is 18.6. The van der Waals surface area contributed by atoms with Gasteiger partial charge >= 0.3 is 12.3 Å². The number of aromatic nitrogens is 5. The number of benzene rings is 1. The molecule has 0 radical (unpaired) electrons. The lowest BCUT2D eigenvalue weighted by molar-refractivity contribution is -0.137. The smallest absolute Gasteiger partial charge is 0.416 e. The Morgan fingerprint density at radius 3 is 2.46 bits per heavy atom. The quantitative estimate of drug-likeness (QED) is 0.531. The molecule has 1 fully saturated rings. The number of rotatable bonds is 5. The lowest BCUT2D eigenvalue weighted by Crippen LogP contribution is -2.36. The molecular weight excluding hydrogens is 465 g/mol. The van der Waals surface area contributed by atoms with Crippen LogP contribution in [0.5, 0.6) is 0 Å². The number of carbonyl (C=O) groups is 1. The molecule has 12 heteroatoms. The van der Waals surface area contributed by atoms with Crippen molar-refractivity contribution in [2.75, 3.05) is 13.1 Å². The van der Waals surface area contributed by atoms with Gasteiger partial charge in [0.05, 0.1) is 42.8 Å². The van der Waals surface area contributed by atoms with E-state index in [9.17, 15) is 18.0 Å². The monoisotopic (exact) mass is 490 g/mol. The van der Waals surface area contributed by atoms with Crippen LogP contribution in [0.4, 0.5) is 18.0 Å². The van der Waals surface area contributed by atoms with Gasteiger partial charge < -0.3 is 14.4 Å². The summed E-state index contributed by atoms with van der Waals surface area (Å²) in [6.07, 6.45) is -0.677. The zero-order chi connectivity index (χ0) is 25.2. The van der Waals surface area contributed by atoms with Crippen molar-refractivity contribution in [3.8, 4) is 11.4 Å². The second kappa shape index (κ2) is 9.61. The summed E-state index contributed by atoms with van der Waals surface area (Å²) in [5.41, 5.74) is 0.308. The average Bonchev–Trinajstić information content (AvgIpc) is 3.44. The van der Waals surface area contributed by atoms with Crippen molar-refractivity contribution in [1.82, 2.24) is 29.9 Å². The Morgan fingerprint density at radius 1 is 1.09 bits per heavy atom. The molecule has 3 heterocycles. The summed E-state index contributed by atoms with van der Waals surface area (Å²) < 4.78 is 51.7. The molecule has 0 spiro atoms. The van der Waals surface area contributed by atoms with Crippen molar-refractivity contribution in [2.24, 2.45) is 0 Å². The fraction of sp³-hybridized carbons (Fsp3) is 0.435. The Balaban J connectivity index is 1.51. The molecule has 3 aromatic rings. The number of carbonyl (C=O) groups excluding carboxylic acids is 1. The molecule has 9 nitrogen and oxygen atoms in total. The van der Waals surface area contributed by atoms with Crippen molar-refractivity contribution in [2.45, 2.75) is 51.3 Å². The maximum atomic E-state index is 12.8. The van der Waals surface area contributed by atoms with Crippen LogP contribution in [-0.4, -0.2) is 60.7 Å². The molecule has 1 saturated heterocycles. The Hall–Kier alpha value is -3.54. The first kappa shape index (κ1) is 24.6. The maximum Gasteiger partial charge on any atom is 0.416 e. The van der Waals surface area contributed by atoms with Crippen LogP contribution in [0.3, 0.4) is 0 Å². The Morgan fingerprint density at radius 2 is 1.83 bits per heavy atom. The molecule has 1 aliphatic rings. The van der Waals surface area contributed by atoms with Gasteiger partial charge in [0.15, 0.2) is 0 Å². The number of ether oxygens (including phenoxy) is 2. The van der Waals surface area contributed by atoms with E-state index in [1.807, 2.05) is 0 Å². The molecule has 0 saturated carbocycles. The summed E-state index contributed by atoms with van der Waals surface area (Å²) in [5, 5.41) is 8.38. The number of nitrogens with zero attached hydrogens (tertiary/aromatic N) is 6. The van der Waals surface area contributed by atoms with Crippen LogP contribution in [0.25, 0.3) is 11.4 Å². The summed E-state index contributed by atoms with van der Waals surface area (Å²) in [6, 6.07) is 6.10. The second-order valence-corrected chi connectivity index (χ2v) is 9.18. The zero-order valence-corrected chi connectivity index (χ0v) is 19.4. The van der Waals surface area contributed by atoms with Gasteiger partial charge in [0.25, 0.3) is 0 Å². The molecule has 0 N–H and O–H groups in total. The highest BCUT2D eigenvalue weighted by molar-refractivity contribution is 5.68. The van der Waals surface area contributed by atoms with E-state index in [0.29, 0.717) is 17.0 Å². The van der Waals surface area contributed by atoms with Crippen LogP contribution < -0.4 is 0 Å². The molecule has 1 amide bonds. The standard InChI is InChI=1S/C23H25F3N6O3/c1-22(2,3)35-21(33)31-11-19(32-10-18(29-30-32)17-8-9-27-14-28-17)20(12-31)34-13-15-4-6-16(7-5-15)23(24,25)26/h4-10,14,19-20H,11-13H2,1-3H3/t19-,20-/m1/s1.